The molecule has 5 heteroatoms. The third-order valence-corrected chi connectivity index (χ3v) is 3.79. The van der Waals surface area contributed by atoms with Crippen LogP contribution in [0, 0.1) is 12.3 Å². The summed E-state index contributed by atoms with van der Waals surface area (Å²) in [6.45, 7) is 10.3. The van der Waals surface area contributed by atoms with Gasteiger partial charge in [-0.05, 0) is 18.8 Å². The third kappa shape index (κ3) is 4.05. The molecule has 0 saturated carbocycles. The number of rotatable bonds is 3. The number of nitrogens with zero attached hydrogens (tertiary/aromatic N) is 2. The van der Waals surface area contributed by atoms with Crippen molar-refractivity contribution in [2.45, 2.75) is 45.9 Å². The first-order chi connectivity index (χ1) is 8.42. The predicted molar refractivity (Wildman–Crippen MR) is 75.8 cm³/mol. The van der Waals surface area contributed by atoms with E-state index in [-0.39, 0.29) is 0 Å². The molecule has 0 aliphatic carbocycles. The Hall–Kier alpha value is -0.970. The van der Waals surface area contributed by atoms with Gasteiger partial charge in [-0.15, -0.1) is 0 Å². The molecule has 0 bridgehead atoms. The van der Waals surface area contributed by atoms with E-state index >= 15 is 0 Å². The number of aromatic nitrogens is 1. The Morgan fingerprint density at radius 3 is 2.89 bits per heavy atom. The highest BCUT2D eigenvalue weighted by Gasteiger charge is 2.24. The lowest BCUT2D eigenvalue weighted by Gasteiger charge is -2.21. The van der Waals surface area contributed by atoms with E-state index in [9.17, 15) is 0 Å². The first kappa shape index (κ1) is 13.5. The summed E-state index contributed by atoms with van der Waals surface area (Å²) in [4.78, 5) is 4.53. The molecule has 0 radical (unpaired) electrons. The maximum atomic E-state index is 5.15. The second-order valence-corrected chi connectivity index (χ2v) is 7.23. The third-order valence-electron chi connectivity index (χ3n) is 2.65. The van der Waals surface area contributed by atoms with Crippen molar-refractivity contribution in [2.75, 3.05) is 6.54 Å². The Bertz CT molecular complexity index is 434. The van der Waals surface area contributed by atoms with Gasteiger partial charge in [0, 0.05) is 11.3 Å². The first-order valence-corrected chi connectivity index (χ1v) is 7.17. The fourth-order valence-corrected chi connectivity index (χ4v) is 3.32. The van der Waals surface area contributed by atoms with Crippen LogP contribution < -0.4 is 5.32 Å². The number of aryl methyl sites for hydroxylation is 1. The molecule has 1 atom stereocenters. The van der Waals surface area contributed by atoms with Gasteiger partial charge in [-0.3, -0.25) is 4.99 Å². The van der Waals surface area contributed by atoms with Gasteiger partial charge in [0.1, 0.15) is 0 Å². The van der Waals surface area contributed by atoms with Crippen molar-refractivity contribution in [3.8, 4) is 0 Å². The summed E-state index contributed by atoms with van der Waals surface area (Å²) in [5.74, 6) is 0.857. The van der Waals surface area contributed by atoms with Crippen LogP contribution in [0.25, 0.3) is 0 Å². The van der Waals surface area contributed by atoms with Gasteiger partial charge in [-0.25, -0.2) is 0 Å². The molecule has 1 aromatic heterocycles. The summed E-state index contributed by atoms with van der Waals surface area (Å²) >= 11 is 1.84. The molecular formula is C13H21N3OS. The number of hydrogen-bond donors (Lipinski definition) is 1. The van der Waals surface area contributed by atoms with E-state index in [1.165, 1.54) is 6.42 Å². The fraction of sp³-hybridized carbons (Fsp3) is 0.692. The summed E-state index contributed by atoms with van der Waals surface area (Å²) < 4.78 is 5.15. The Morgan fingerprint density at radius 1 is 1.50 bits per heavy atom. The van der Waals surface area contributed by atoms with Crippen LogP contribution in [0.1, 0.15) is 38.6 Å². The molecule has 2 heterocycles. The lowest BCUT2D eigenvalue weighted by molar-refractivity contribution is 0.375. The van der Waals surface area contributed by atoms with E-state index in [1.807, 2.05) is 24.8 Å². The van der Waals surface area contributed by atoms with Crippen molar-refractivity contribution < 1.29 is 4.52 Å². The Balaban J connectivity index is 1.76. The van der Waals surface area contributed by atoms with Crippen LogP contribution in [0.15, 0.2) is 15.6 Å². The number of amidine groups is 1. The highest BCUT2D eigenvalue weighted by atomic mass is 32.2. The molecule has 1 unspecified atom stereocenters. The topological polar surface area (TPSA) is 50.4 Å². The van der Waals surface area contributed by atoms with E-state index < -0.39 is 0 Å². The van der Waals surface area contributed by atoms with Crippen LogP contribution in [-0.2, 0) is 6.54 Å². The number of nitrogens with one attached hydrogen (secondary N) is 1. The molecule has 0 spiro atoms. The Morgan fingerprint density at radius 2 is 2.28 bits per heavy atom. The maximum absolute atomic E-state index is 5.15. The lowest BCUT2D eigenvalue weighted by Crippen LogP contribution is -2.20. The smallest absolute Gasteiger partial charge is 0.157 e. The quantitative estimate of drug-likeness (QED) is 0.914. The number of aliphatic imine (C=N–C) groups is 1. The summed E-state index contributed by atoms with van der Waals surface area (Å²) in [5.41, 5.74) is 1.28. The molecule has 1 N–H and O–H groups in total. The largest absolute Gasteiger partial charge is 0.359 e. The normalized spacial score (nSPS) is 20.0. The predicted octanol–water partition coefficient (Wildman–Crippen LogP) is 2.98. The monoisotopic (exact) mass is 267 g/mol. The molecule has 2 rings (SSSR count). The van der Waals surface area contributed by atoms with Gasteiger partial charge in [0.05, 0.1) is 18.8 Å². The molecule has 1 aromatic rings. The fourth-order valence-electron chi connectivity index (χ4n) is 1.97. The van der Waals surface area contributed by atoms with E-state index in [2.05, 4.69) is 36.2 Å². The Labute approximate surface area is 113 Å². The molecule has 1 aliphatic rings. The Kier molecular flexibility index (Phi) is 4.00. The molecule has 100 valence electrons. The molecule has 0 saturated heterocycles. The van der Waals surface area contributed by atoms with Gasteiger partial charge in [-0.1, -0.05) is 37.7 Å². The van der Waals surface area contributed by atoms with Crippen LogP contribution in [0.4, 0.5) is 0 Å². The summed E-state index contributed by atoms with van der Waals surface area (Å²) in [6.07, 6.45) is 1.19. The highest BCUT2D eigenvalue weighted by molar-refractivity contribution is 8.14. The van der Waals surface area contributed by atoms with Crippen molar-refractivity contribution in [1.82, 2.24) is 10.5 Å². The zero-order valence-corrected chi connectivity index (χ0v) is 12.3. The average molecular weight is 267 g/mol. The zero-order valence-electron chi connectivity index (χ0n) is 11.5. The second kappa shape index (κ2) is 5.34. The van der Waals surface area contributed by atoms with Crippen molar-refractivity contribution in [2.24, 2.45) is 10.4 Å². The molecule has 0 aromatic carbocycles. The zero-order chi connectivity index (χ0) is 13.2. The lowest BCUT2D eigenvalue weighted by atomic mass is 9.90. The van der Waals surface area contributed by atoms with Crippen LogP contribution >= 0.6 is 11.8 Å². The second-order valence-electron chi connectivity index (χ2n) is 5.94. The van der Waals surface area contributed by atoms with E-state index in [0.717, 1.165) is 23.2 Å². The molecule has 0 amide bonds. The first-order valence-electron chi connectivity index (χ1n) is 6.29. The average Bonchev–Trinajstić information content (AvgIpc) is 2.82. The van der Waals surface area contributed by atoms with Crippen LogP contribution in [0.5, 0.6) is 0 Å². The van der Waals surface area contributed by atoms with Gasteiger partial charge < -0.3 is 9.84 Å². The minimum Gasteiger partial charge on any atom is -0.359 e. The number of hydrogen-bond acceptors (Lipinski definition) is 5. The van der Waals surface area contributed by atoms with Crippen LogP contribution in [0.3, 0.4) is 0 Å². The molecule has 4 nitrogen and oxygen atoms in total. The minimum atomic E-state index is 0.366. The van der Waals surface area contributed by atoms with E-state index in [0.29, 0.717) is 17.2 Å². The van der Waals surface area contributed by atoms with Gasteiger partial charge in [0.15, 0.2) is 10.9 Å². The molecule has 1 aliphatic heterocycles. The summed E-state index contributed by atoms with van der Waals surface area (Å²) in [5, 5.41) is 8.80. The maximum Gasteiger partial charge on any atom is 0.157 e. The SMILES string of the molecule is Cc1cc(CNC2=NCC(CC(C)(C)C)S2)on1. The number of thioether (sulfide) groups is 1. The minimum absolute atomic E-state index is 0.366. The van der Waals surface area contributed by atoms with Crippen LogP contribution in [0.2, 0.25) is 0 Å². The van der Waals surface area contributed by atoms with Gasteiger partial charge in [0.2, 0.25) is 0 Å². The standard InChI is InChI=1S/C13H21N3OS/c1-9-5-10(17-16-9)7-14-12-15-8-11(18-12)6-13(2,3)4/h5,11H,6-8H2,1-4H3,(H,14,15). The highest BCUT2D eigenvalue weighted by Crippen LogP contribution is 2.31. The molecule has 0 fully saturated rings. The van der Waals surface area contributed by atoms with Crippen molar-refractivity contribution >= 4 is 16.9 Å². The summed E-state index contributed by atoms with van der Waals surface area (Å²) in [6, 6.07) is 1.94. The van der Waals surface area contributed by atoms with Crippen molar-refractivity contribution in [1.29, 1.82) is 0 Å². The van der Waals surface area contributed by atoms with Gasteiger partial charge in [0.25, 0.3) is 0 Å². The van der Waals surface area contributed by atoms with E-state index in [4.69, 9.17) is 4.52 Å². The van der Waals surface area contributed by atoms with Gasteiger partial charge >= 0.3 is 0 Å². The molecule has 18 heavy (non-hydrogen) atoms. The molecular weight excluding hydrogens is 246 g/mol. The van der Waals surface area contributed by atoms with E-state index in [1.54, 1.807) is 0 Å². The van der Waals surface area contributed by atoms with Crippen molar-refractivity contribution in [3.63, 3.8) is 0 Å². The van der Waals surface area contributed by atoms with Crippen LogP contribution in [-0.4, -0.2) is 22.1 Å². The van der Waals surface area contributed by atoms with Crippen molar-refractivity contribution in [3.05, 3.63) is 17.5 Å². The summed E-state index contributed by atoms with van der Waals surface area (Å²) in [7, 11) is 0. The van der Waals surface area contributed by atoms with Gasteiger partial charge in [-0.2, -0.15) is 0 Å².